The molecular formula is C15H15N3O2. The molecule has 0 saturated carbocycles. The van der Waals surface area contributed by atoms with Crippen LogP contribution >= 0.6 is 0 Å². The fourth-order valence-corrected chi connectivity index (χ4v) is 2.72. The second-order valence-corrected chi connectivity index (χ2v) is 4.87. The summed E-state index contributed by atoms with van der Waals surface area (Å²) in [6.07, 6.45) is 0.715. The van der Waals surface area contributed by atoms with Crippen molar-refractivity contribution in [2.24, 2.45) is 14.1 Å². The number of hydrogen-bond donors (Lipinski definition) is 0. The minimum atomic E-state index is -0.518. The van der Waals surface area contributed by atoms with Crippen LogP contribution in [0.2, 0.25) is 0 Å². The Labute approximate surface area is 115 Å². The molecule has 1 aromatic carbocycles. The quantitative estimate of drug-likeness (QED) is 0.626. The first-order chi connectivity index (χ1) is 9.56. The molecule has 0 fully saturated rings. The zero-order valence-corrected chi connectivity index (χ0v) is 11.7. The Kier molecular flexibility index (Phi) is 2.71. The van der Waals surface area contributed by atoms with Crippen molar-refractivity contribution in [2.75, 3.05) is 0 Å². The van der Waals surface area contributed by atoms with Gasteiger partial charge in [-0.3, -0.25) is 9.36 Å². The van der Waals surface area contributed by atoms with Gasteiger partial charge in [0.15, 0.2) is 5.82 Å². The molecule has 2 aliphatic rings. The van der Waals surface area contributed by atoms with E-state index in [2.05, 4.69) is 4.98 Å². The van der Waals surface area contributed by atoms with Gasteiger partial charge in [0.25, 0.3) is 5.56 Å². The topological polar surface area (TPSA) is 56.9 Å². The molecule has 0 bridgehead atoms. The van der Waals surface area contributed by atoms with Crippen LogP contribution in [0.5, 0.6) is 0 Å². The third-order valence-electron chi connectivity index (χ3n) is 3.79. The predicted octanol–water partition coefficient (Wildman–Crippen LogP) is 1.30. The molecule has 5 heteroatoms. The molecule has 0 N–H and O–H groups in total. The average molecular weight is 269 g/mol. The number of fused-ring (bicyclic) bond motifs is 2. The minimum absolute atomic E-state index is 0.279. The molecule has 0 aromatic heterocycles. The molecule has 3 rings (SSSR count). The molecule has 0 saturated heterocycles. The molecule has 0 amide bonds. The lowest BCUT2D eigenvalue weighted by Gasteiger charge is -2.18. The van der Waals surface area contributed by atoms with Crippen molar-refractivity contribution in [1.82, 2.24) is 14.1 Å². The van der Waals surface area contributed by atoms with Crippen LogP contribution in [0.1, 0.15) is 12.5 Å². The summed E-state index contributed by atoms with van der Waals surface area (Å²) < 4.78 is 2.88. The molecule has 2 heterocycles. The molecule has 20 heavy (non-hydrogen) atoms. The van der Waals surface area contributed by atoms with Crippen LogP contribution in [0.4, 0.5) is 0 Å². The van der Waals surface area contributed by atoms with Crippen LogP contribution in [0, 0.1) is 0 Å². The molecule has 0 spiro atoms. The maximum atomic E-state index is 12.4. The monoisotopic (exact) mass is 269 g/mol. The lowest BCUT2D eigenvalue weighted by molar-refractivity contribution is 0.753. The van der Waals surface area contributed by atoms with Crippen LogP contribution in [0.25, 0.3) is 22.3 Å². The van der Waals surface area contributed by atoms with Gasteiger partial charge in [0.1, 0.15) is 0 Å². The molecule has 102 valence electrons. The highest BCUT2D eigenvalue weighted by Crippen LogP contribution is 2.28. The minimum Gasteiger partial charge on any atom is -0.328 e. The molecule has 0 unspecified atom stereocenters. The van der Waals surface area contributed by atoms with E-state index < -0.39 is 5.69 Å². The third kappa shape index (κ3) is 1.52. The summed E-state index contributed by atoms with van der Waals surface area (Å²) in [5.41, 5.74) is 1.66. The second kappa shape index (κ2) is 4.30. The fourth-order valence-electron chi connectivity index (χ4n) is 2.72. The van der Waals surface area contributed by atoms with Gasteiger partial charge in [-0.25, -0.2) is 4.79 Å². The van der Waals surface area contributed by atoms with Crippen molar-refractivity contribution < 1.29 is 0 Å². The van der Waals surface area contributed by atoms with E-state index in [1.165, 1.54) is 7.05 Å². The summed E-state index contributed by atoms with van der Waals surface area (Å²) in [4.78, 5) is 28.3. The molecular weight excluding hydrogens is 254 g/mol. The average Bonchev–Trinajstić information content (AvgIpc) is 2.46. The van der Waals surface area contributed by atoms with Crippen LogP contribution < -0.4 is 11.2 Å². The van der Waals surface area contributed by atoms with E-state index in [1.807, 2.05) is 42.8 Å². The number of hydrogen-bond acceptors (Lipinski definition) is 3. The van der Waals surface area contributed by atoms with Gasteiger partial charge in [0.05, 0.1) is 5.56 Å². The van der Waals surface area contributed by atoms with Crippen molar-refractivity contribution >= 4 is 10.9 Å². The molecule has 0 radical (unpaired) electrons. The highest BCUT2D eigenvalue weighted by atomic mass is 16.2. The van der Waals surface area contributed by atoms with E-state index in [0.29, 0.717) is 17.8 Å². The highest BCUT2D eigenvalue weighted by Gasteiger charge is 2.21. The molecule has 0 atom stereocenters. The SMILES string of the molecule is CCc1c2c(=O)n(C)c(=O)nc-2n(C)c2ccccc12. The third-order valence-corrected chi connectivity index (χ3v) is 3.79. The van der Waals surface area contributed by atoms with Crippen LogP contribution in [0.3, 0.4) is 0 Å². The zero-order chi connectivity index (χ0) is 14.4. The van der Waals surface area contributed by atoms with E-state index >= 15 is 0 Å². The smallest absolute Gasteiger partial charge is 0.328 e. The van der Waals surface area contributed by atoms with E-state index in [0.717, 1.165) is 21.0 Å². The Hall–Kier alpha value is -2.43. The summed E-state index contributed by atoms with van der Waals surface area (Å²) in [6.45, 7) is 2.01. The summed E-state index contributed by atoms with van der Waals surface area (Å²) >= 11 is 0. The van der Waals surface area contributed by atoms with Crippen molar-refractivity contribution in [1.29, 1.82) is 0 Å². The Balaban J connectivity index is 2.72. The fraction of sp³-hybridized carbons (Fsp3) is 0.267. The van der Waals surface area contributed by atoms with Gasteiger partial charge in [0, 0.05) is 25.0 Å². The summed E-state index contributed by atoms with van der Waals surface area (Å²) in [7, 11) is 3.29. The lowest BCUT2D eigenvalue weighted by Crippen LogP contribution is -2.36. The van der Waals surface area contributed by atoms with Crippen molar-refractivity contribution in [3.05, 3.63) is 50.7 Å². The Morgan fingerprint density at radius 2 is 1.80 bits per heavy atom. The van der Waals surface area contributed by atoms with Gasteiger partial charge >= 0.3 is 5.69 Å². The van der Waals surface area contributed by atoms with Crippen LogP contribution in [0.15, 0.2) is 33.9 Å². The number of para-hydroxylation sites is 1. The first-order valence-electron chi connectivity index (χ1n) is 6.53. The highest BCUT2D eigenvalue weighted by molar-refractivity contribution is 5.89. The Morgan fingerprint density at radius 3 is 2.50 bits per heavy atom. The Bertz CT molecular complexity index is 905. The van der Waals surface area contributed by atoms with Gasteiger partial charge in [-0.2, -0.15) is 4.98 Å². The predicted molar refractivity (Wildman–Crippen MR) is 78.2 cm³/mol. The van der Waals surface area contributed by atoms with Gasteiger partial charge in [0.2, 0.25) is 0 Å². The number of nitrogens with zero attached hydrogens (tertiary/aromatic N) is 3. The summed E-state index contributed by atoms with van der Waals surface area (Å²) in [6, 6.07) is 7.86. The number of benzene rings is 1. The maximum absolute atomic E-state index is 12.4. The zero-order valence-electron chi connectivity index (χ0n) is 11.7. The Morgan fingerprint density at radius 1 is 1.10 bits per heavy atom. The van der Waals surface area contributed by atoms with Crippen molar-refractivity contribution in [2.45, 2.75) is 13.3 Å². The van der Waals surface area contributed by atoms with Gasteiger partial charge in [-0.05, 0) is 18.1 Å². The number of pyridine rings is 1. The van der Waals surface area contributed by atoms with E-state index in [-0.39, 0.29) is 5.56 Å². The van der Waals surface area contributed by atoms with Crippen LogP contribution in [-0.2, 0) is 20.5 Å². The van der Waals surface area contributed by atoms with Gasteiger partial charge < -0.3 is 4.57 Å². The second-order valence-electron chi connectivity index (χ2n) is 4.87. The van der Waals surface area contributed by atoms with Gasteiger partial charge in [-0.1, -0.05) is 25.1 Å². The van der Waals surface area contributed by atoms with Gasteiger partial charge in [-0.15, -0.1) is 0 Å². The van der Waals surface area contributed by atoms with Crippen molar-refractivity contribution in [3.63, 3.8) is 0 Å². The van der Waals surface area contributed by atoms with E-state index in [4.69, 9.17) is 0 Å². The first kappa shape index (κ1) is 12.6. The maximum Gasteiger partial charge on any atom is 0.352 e. The van der Waals surface area contributed by atoms with Crippen molar-refractivity contribution in [3.8, 4) is 11.4 Å². The molecule has 2 aliphatic heterocycles. The lowest BCUT2D eigenvalue weighted by atomic mass is 9.99. The largest absolute Gasteiger partial charge is 0.352 e. The number of rotatable bonds is 1. The first-order valence-corrected chi connectivity index (χ1v) is 6.53. The van der Waals surface area contributed by atoms with Crippen LogP contribution in [-0.4, -0.2) is 14.1 Å². The van der Waals surface area contributed by atoms with E-state index in [9.17, 15) is 9.59 Å². The summed E-state index contributed by atoms with van der Waals surface area (Å²) in [5.74, 6) is 0.452. The number of aromatic nitrogens is 3. The standard InChI is InChI=1S/C15H15N3O2/c1-4-9-10-7-5-6-8-11(10)17(2)13-12(9)14(19)18(3)15(20)16-13/h5-8H,4H2,1-3H3. The summed E-state index contributed by atoms with van der Waals surface area (Å²) in [5, 5.41) is 1.03. The molecule has 1 aromatic rings. The van der Waals surface area contributed by atoms with E-state index in [1.54, 1.807) is 0 Å². The number of aryl methyl sites for hydroxylation is 2. The normalized spacial score (nSPS) is 11.3. The molecule has 0 aliphatic carbocycles. The molecule has 5 nitrogen and oxygen atoms in total.